The van der Waals surface area contributed by atoms with Crippen LogP contribution in [0, 0.1) is 0 Å². The Balaban J connectivity index is 2.70. The highest BCUT2D eigenvalue weighted by molar-refractivity contribution is 6.02. The quantitative estimate of drug-likeness (QED) is 0.489. The molecule has 90 valence electrons. The van der Waals surface area contributed by atoms with E-state index in [2.05, 4.69) is 15.5 Å². The van der Waals surface area contributed by atoms with E-state index in [1.54, 1.807) is 14.0 Å². The molecule has 1 aromatic carbocycles. The van der Waals surface area contributed by atoms with E-state index >= 15 is 0 Å². The molecule has 0 saturated carbocycles. The average Bonchev–Trinajstić information content (AvgIpc) is 2.30. The average molecular weight is 231 g/mol. The highest BCUT2D eigenvalue weighted by Gasteiger charge is 2.01. The summed E-state index contributed by atoms with van der Waals surface area (Å²) in [6, 6.07) is 9.72. The number of carbonyl (C=O) groups excluding carboxylic acids is 1. The number of ketones is 1. The van der Waals surface area contributed by atoms with Gasteiger partial charge in [0.1, 0.15) is 11.6 Å². The maximum Gasteiger partial charge on any atom is 0.148 e. The first kappa shape index (κ1) is 13.1. The molecule has 4 heteroatoms. The zero-order valence-corrected chi connectivity index (χ0v) is 10.4. The molecule has 0 aliphatic carbocycles. The van der Waals surface area contributed by atoms with Crippen molar-refractivity contribution in [2.24, 2.45) is 10.1 Å². The van der Waals surface area contributed by atoms with Crippen molar-refractivity contribution in [1.29, 1.82) is 0 Å². The third kappa shape index (κ3) is 4.59. The first-order valence-corrected chi connectivity index (χ1v) is 5.44. The Hall–Kier alpha value is -1.97. The Morgan fingerprint density at radius 1 is 1.24 bits per heavy atom. The van der Waals surface area contributed by atoms with Crippen LogP contribution in [0.2, 0.25) is 0 Å². The van der Waals surface area contributed by atoms with Gasteiger partial charge in [-0.15, -0.1) is 0 Å². The number of aliphatic imine (C=N–C) groups is 1. The molecule has 0 heterocycles. The van der Waals surface area contributed by atoms with Crippen molar-refractivity contribution in [3.63, 3.8) is 0 Å². The lowest BCUT2D eigenvalue weighted by Gasteiger charge is -2.05. The lowest BCUT2D eigenvalue weighted by molar-refractivity contribution is -0.115. The fourth-order valence-electron chi connectivity index (χ4n) is 1.39. The SMILES string of the molecule is CN=C(NN=C(C)CC(C)=O)c1ccccc1. The monoisotopic (exact) mass is 231 g/mol. The smallest absolute Gasteiger partial charge is 0.148 e. The number of rotatable bonds is 4. The summed E-state index contributed by atoms with van der Waals surface area (Å²) in [6.07, 6.45) is 0.360. The van der Waals surface area contributed by atoms with Crippen molar-refractivity contribution < 1.29 is 4.79 Å². The van der Waals surface area contributed by atoms with Crippen molar-refractivity contribution in [2.45, 2.75) is 20.3 Å². The van der Waals surface area contributed by atoms with Crippen molar-refractivity contribution in [3.8, 4) is 0 Å². The number of nitrogens with zero attached hydrogens (tertiary/aromatic N) is 2. The van der Waals surface area contributed by atoms with Crippen LogP contribution in [0.4, 0.5) is 0 Å². The van der Waals surface area contributed by atoms with Crippen molar-refractivity contribution >= 4 is 17.3 Å². The second-order valence-electron chi connectivity index (χ2n) is 3.78. The lowest BCUT2D eigenvalue weighted by atomic mass is 10.2. The fourth-order valence-corrected chi connectivity index (χ4v) is 1.39. The van der Waals surface area contributed by atoms with Gasteiger partial charge in [0.2, 0.25) is 0 Å². The lowest BCUT2D eigenvalue weighted by Crippen LogP contribution is -2.20. The summed E-state index contributed by atoms with van der Waals surface area (Å²) in [7, 11) is 1.70. The first-order valence-electron chi connectivity index (χ1n) is 5.44. The minimum Gasteiger partial charge on any atom is -0.300 e. The molecule has 0 saturated heterocycles. The summed E-state index contributed by atoms with van der Waals surface area (Å²) in [5, 5.41) is 4.13. The molecule has 0 radical (unpaired) electrons. The van der Waals surface area contributed by atoms with Gasteiger partial charge in [-0.25, -0.2) is 0 Å². The normalized spacial score (nSPS) is 12.4. The third-order valence-corrected chi connectivity index (χ3v) is 2.13. The highest BCUT2D eigenvalue weighted by atomic mass is 16.1. The standard InChI is InChI=1S/C13H17N3O/c1-10(9-11(2)17)15-16-13(14-3)12-7-5-4-6-8-12/h4-8H,9H2,1-3H3,(H,14,16). The van der Waals surface area contributed by atoms with E-state index < -0.39 is 0 Å². The van der Waals surface area contributed by atoms with Gasteiger partial charge in [0.05, 0.1) is 0 Å². The van der Waals surface area contributed by atoms with Crippen LogP contribution in [0.1, 0.15) is 25.8 Å². The molecule has 0 atom stereocenters. The summed E-state index contributed by atoms with van der Waals surface area (Å²) in [5.74, 6) is 0.788. The van der Waals surface area contributed by atoms with Crippen LogP contribution in [0.15, 0.2) is 40.4 Å². The zero-order valence-electron chi connectivity index (χ0n) is 10.4. The third-order valence-electron chi connectivity index (χ3n) is 2.13. The minimum atomic E-state index is 0.0998. The molecule has 17 heavy (non-hydrogen) atoms. The van der Waals surface area contributed by atoms with Gasteiger partial charge in [-0.05, 0) is 13.8 Å². The summed E-state index contributed by atoms with van der Waals surface area (Å²) >= 11 is 0. The van der Waals surface area contributed by atoms with Gasteiger partial charge in [0.15, 0.2) is 0 Å². The molecule has 1 aromatic rings. The molecule has 0 aliphatic heterocycles. The molecular formula is C13H17N3O. The molecule has 1 rings (SSSR count). The van der Waals surface area contributed by atoms with E-state index in [0.717, 1.165) is 11.3 Å². The largest absolute Gasteiger partial charge is 0.300 e. The molecule has 0 spiro atoms. The van der Waals surface area contributed by atoms with Crippen molar-refractivity contribution in [2.75, 3.05) is 7.05 Å². The zero-order chi connectivity index (χ0) is 12.7. The van der Waals surface area contributed by atoms with E-state index in [0.29, 0.717) is 12.3 Å². The Morgan fingerprint density at radius 3 is 2.41 bits per heavy atom. The van der Waals surface area contributed by atoms with Crippen LogP contribution in [0.25, 0.3) is 0 Å². The van der Waals surface area contributed by atoms with Gasteiger partial charge in [-0.3, -0.25) is 15.2 Å². The molecule has 0 aliphatic rings. The molecule has 4 nitrogen and oxygen atoms in total. The fraction of sp³-hybridized carbons (Fsp3) is 0.308. The van der Waals surface area contributed by atoms with Crippen LogP contribution >= 0.6 is 0 Å². The Labute approximate surface area is 101 Å². The Morgan fingerprint density at radius 2 is 1.88 bits per heavy atom. The van der Waals surface area contributed by atoms with E-state index in [9.17, 15) is 4.79 Å². The van der Waals surface area contributed by atoms with Crippen LogP contribution in [-0.4, -0.2) is 24.4 Å². The van der Waals surface area contributed by atoms with E-state index in [-0.39, 0.29) is 5.78 Å². The van der Waals surface area contributed by atoms with Crippen LogP contribution < -0.4 is 5.43 Å². The maximum absolute atomic E-state index is 10.9. The predicted octanol–water partition coefficient (Wildman–Crippen LogP) is 2.01. The number of Topliss-reactive ketones (excluding diaryl/α,β-unsaturated/α-hetero) is 1. The van der Waals surface area contributed by atoms with E-state index in [4.69, 9.17) is 0 Å². The number of hydrogen-bond donors (Lipinski definition) is 1. The van der Waals surface area contributed by atoms with Gasteiger partial charge in [-0.1, -0.05) is 30.3 Å². The van der Waals surface area contributed by atoms with Crippen molar-refractivity contribution in [1.82, 2.24) is 5.43 Å². The van der Waals surface area contributed by atoms with E-state index in [1.165, 1.54) is 0 Å². The number of carbonyl (C=O) groups is 1. The van der Waals surface area contributed by atoms with Gasteiger partial charge in [-0.2, -0.15) is 5.10 Å². The van der Waals surface area contributed by atoms with Crippen LogP contribution in [0.3, 0.4) is 0 Å². The maximum atomic E-state index is 10.9. The topological polar surface area (TPSA) is 53.8 Å². The molecule has 1 N–H and O–H groups in total. The molecule has 0 fully saturated rings. The molecular weight excluding hydrogens is 214 g/mol. The Bertz CT molecular complexity index is 435. The van der Waals surface area contributed by atoms with Gasteiger partial charge < -0.3 is 0 Å². The second-order valence-corrected chi connectivity index (χ2v) is 3.78. The summed E-state index contributed by atoms with van der Waals surface area (Å²) in [4.78, 5) is 15.0. The van der Waals surface area contributed by atoms with Gasteiger partial charge in [0, 0.05) is 24.7 Å². The molecule has 0 amide bonds. The van der Waals surface area contributed by atoms with Crippen molar-refractivity contribution in [3.05, 3.63) is 35.9 Å². The molecule has 0 aromatic heterocycles. The predicted molar refractivity (Wildman–Crippen MR) is 70.4 cm³/mol. The summed E-state index contributed by atoms with van der Waals surface area (Å²) in [5.41, 5.74) is 4.59. The highest BCUT2D eigenvalue weighted by Crippen LogP contribution is 1.99. The summed E-state index contributed by atoms with van der Waals surface area (Å²) in [6.45, 7) is 3.36. The first-order chi connectivity index (χ1) is 8.13. The number of hydrazone groups is 1. The van der Waals surface area contributed by atoms with Gasteiger partial charge in [0.25, 0.3) is 0 Å². The number of hydrogen-bond acceptors (Lipinski definition) is 3. The second kappa shape index (κ2) is 6.58. The molecule has 0 bridgehead atoms. The summed E-state index contributed by atoms with van der Waals surface area (Å²) < 4.78 is 0. The van der Waals surface area contributed by atoms with E-state index in [1.807, 2.05) is 37.3 Å². The Kier molecular flexibility index (Phi) is 5.07. The minimum absolute atomic E-state index is 0.0998. The number of benzene rings is 1. The number of nitrogens with one attached hydrogen (secondary N) is 1. The van der Waals surface area contributed by atoms with Gasteiger partial charge >= 0.3 is 0 Å². The van der Waals surface area contributed by atoms with Crippen LogP contribution in [-0.2, 0) is 4.79 Å². The number of amidine groups is 1. The molecule has 0 unspecified atom stereocenters. The van der Waals surface area contributed by atoms with Crippen LogP contribution in [0.5, 0.6) is 0 Å².